The third kappa shape index (κ3) is 7.28. The van der Waals surface area contributed by atoms with Crippen LogP contribution in [0.15, 0.2) is 30.4 Å². The monoisotopic (exact) mass is 833 g/mol. The number of hydrogen-bond acceptors (Lipinski definition) is 11. The molecule has 3 atom stereocenters. The van der Waals surface area contributed by atoms with Crippen LogP contribution in [0.4, 0.5) is 29.2 Å². The van der Waals surface area contributed by atoms with Crippen molar-refractivity contribution in [2.75, 3.05) is 43.0 Å². The van der Waals surface area contributed by atoms with Crippen LogP contribution in [-0.4, -0.2) is 93.6 Å². The van der Waals surface area contributed by atoms with Crippen molar-refractivity contribution >= 4 is 66.9 Å². The number of benzene rings is 2. The molecule has 4 fully saturated rings. The Labute approximate surface area is 344 Å². The number of amides is 2. The molecule has 0 spiro atoms. The molecule has 1 N–H and O–H groups in total. The molecular weight excluding hydrogens is 788 g/mol. The van der Waals surface area contributed by atoms with E-state index in [1.807, 2.05) is 30.6 Å². The number of hydrogen-bond donors (Lipinski definition) is 1. The lowest BCUT2D eigenvalue weighted by molar-refractivity contribution is 0.0122. The van der Waals surface area contributed by atoms with Gasteiger partial charge in [0.1, 0.15) is 46.0 Å². The van der Waals surface area contributed by atoms with Crippen LogP contribution in [0.1, 0.15) is 79.2 Å². The smallest absolute Gasteiger partial charge is 0.412 e. The SMILES string of the molecule is C=C1CN2CCC[C@]2(COc2nc(N3C[C@H]4CC[C@@H](C3)N4C(=O)OC(C)(C)C)c3cc(Cl)c(-c4ccc(F)c5sc(NC(=O)OC(C)(C)C)c(C#N)c45)c(F)c3n2)C1. The molecule has 4 saturated heterocycles. The Balaban J connectivity index is 1.24. The van der Waals surface area contributed by atoms with Gasteiger partial charge in [-0.1, -0.05) is 29.8 Å². The minimum Gasteiger partial charge on any atom is -0.461 e. The van der Waals surface area contributed by atoms with Crippen molar-refractivity contribution in [1.29, 1.82) is 5.26 Å². The Hall–Kier alpha value is -4.78. The van der Waals surface area contributed by atoms with Crippen molar-refractivity contribution in [2.24, 2.45) is 0 Å². The molecule has 2 aromatic heterocycles. The first kappa shape index (κ1) is 40.0. The molecule has 0 radical (unpaired) electrons. The van der Waals surface area contributed by atoms with E-state index in [1.165, 1.54) is 12.1 Å². The van der Waals surface area contributed by atoms with Gasteiger partial charge < -0.3 is 19.1 Å². The zero-order valence-electron chi connectivity index (χ0n) is 33.4. The molecule has 6 heterocycles. The predicted octanol–water partition coefficient (Wildman–Crippen LogP) is 9.42. The van der Waals surface area contributed by atoms with Crippen LogP contribution in [0, 0.1) is 23.0 Å². The van der Waals surface area contributed by atoms with E-state index in [0.29, 0.717) is 24.3 Å². The number of nitriles is 1. The molecule has 16 heteroatoms. The summed E-state index contributed by atoms with van der Waals surface area (Å²) in [6.07, 6.45) is 3.06. The van der Waals surface area contributed by atoms with E-state index in [-0.39, 0.29) is 78.7 Å². The maximum atomic E-state index is 17.5. The van der Waals surface area contributed by atoms with E-state index < -0.39 is 28.9 Å². The minimum atomic E-state index is -0.831. The summed E-state index contributed by atoms with van der Waals surface area (Å²) in [5, 5.41) is 13.4. The van der Waals surface area contributed by atoms with Gasteiger partial charge in [0, 0.05) is 36.0 Å². The number of piperazine rings is 1. The number of carbonyl (C=O) groups is 2. The summed E-state index contributed by atoms with van der Waals surface area (Å²) < 4.78 is 50.6. The highest BCUT2D eigenvalue weighted by Crippen LogP contribution is 2.47. The van der Waals surface area contributed by atoms with Crippen molar-refractivity contribution in [3.8, 4) is 23.2 Å². The molecule has 4 aromatic rings. The second kappa shape index (κ2) is 14.5. The van der Waals surface area contributed by atoms with Gasteiger partial charge in [-0.25, -0.2) is 18.4 Å². The largest absolute Gasteiger partial charge is 0.461 e. The lowest BCUT2D eigenvalue weighted by Crippen LogP contribution is -2.57. The first-order chi connectivity index (χ1) is 27.3. The van der Waals surface area contributed by atoms with Crippen molar-refractivity contribution in [3.05, 3.63) is 52.6 Å². The Bertz CT molecular complexity index is 2410. The highest BCUT2D eigenvalue weighted by Gasteiger charge is 2.47. The van der Waals surface area contributed by atoms with Crippen LogP contribution < -0.4 is 15.0 Å². The summed E-state index contributed by atoms with van der Waals surface area (Å²) in [4.78, 5) is 41.9. The topological polar surface area (TPSA) is 133 Å². The van der Waals surface area contributed by atoms with E-state index in [4.69, 9.17) is 30.8 Å². The number of anilines is 2. The summed E-state index contributed by atoms with van der Waals surface area (Å²) in [6.45, 7) is 17.7. The number of thiophene rings is 1. The van der Waals surface area contributed by atoms with Crippen LogP contribution in [0.2, 0.25) is 5.02 Å². The zero-order valence-corrected chi connectivity index (χ0v) is 35.0. The first-order valence-corrected chi connectivity index (χ1v) is 20.7. The standard InChI is InChI=1S/C42H46ClF2N7O5S/c1-22-16-42(13-8-14-51(42)18-22)21-55-37-47-33-26(35(48-37)50-19-23-9-10-24(20-50)52(23)39(54)57-41(5,6)7)15-28(43)31(32(33)45)25-11-12-29(44)34-30(25)27(17-46)36(58-34)49-38(53)56-40(2,3)4/h11-12,15,23-24H,1,8-10,13-14,16,18-21H2,2-7H3,(H,49,53)/t23-,24+,42-/m1/s1. The average molecular weight is 834 g/mol. The van der Waals surface area contributed by atoms with Crippen LogP contribution in [-0.2, 0) is 9.47 Å². The number of halogens is 3. The third-order valence-electron chi connectivity index (χ3n) is 11.2. The lowest BCUT2D eigenvalue weighted by atomic mass is 9.94. The van der Waals surface area contributed by atoms with Gasteiger partial charge >= 0.3 is 18.2 Å². The quantitative estimate of drug-likeness (QED) is 0.187. The highest BCUT2D eigenvalue weighted by atomic mass is 35.5. The molecule has 2 bridgehead atoms. The summed E-state index contributed by atoms with van der Waals surface area (Å²) >= 11 is 7.86. The Kier molecular flexibility index (Phi) is 10.0. The van der Waals surface area contributed by atoms with E-state index >= 15 is 8.78 Å². The van der Waals surface area contributed by atoms with Crippen LogP contribution in [0.3, 0.4) is 0 Å². The van der Waals surface area contributed by atoms with Gasteiger partial charge in [-0.2, -0.15) is 15.2 Å². The van der Waals surface area contributed by atoms with Gasteiger partial charge in [0.25, 0.3) is 0 Å². The van der Waals surface area contributed by atoms with E-state index in [2.05, 4.69) is 27.8 Å². The van der Waals surface area contributed by atoms with Crippen LogP contribution in [0.5, 0.6) is 6.01 Å². The Morgan fingerprint density at radius 3 is 2.48 bits per heavy atom. The third-order valence-corrected chi connectivity index (χ3v) is 12.6. The van der Waals surface area contributed by atoms with Gasteiger partial charge in [0.15, 0.2) is 5.82 Å². The number of ether oxygens (including phenoxy) is 3. The molecule has 2 amide bonds. The summed E-state index contributed by atoms with van der Waals surface area (Å²) in [6, 6.07) is 5.84. The van der Waals surface area contributed by atoms with Gasteiger partial charge in [-0.3, -0.25) is 15.1 Å². The molecule has 0 saturated carbocycles. The number of nitrogens with one attached hydrogen (secondary N) is 1. The Morgan fingerprint density at radius 2 is 1.81 bits per heavy atom. The zero-order chi connectivity index (χ0) is 41.5. The molecule has 4 aliphatic rings. The summed E-state index contributed by atoms with van der Waals surface area (Å²) in [7, 11) is 0. The number of fused-ring (bicyclic) bond motifs is 5. The van der Waals surface area contributed by atoms with Gasteiger partial charge in [0.2, 0.25) is 0 Å². The molecule has 2 aromatic carbocycles. The van der Waals surface area contributed by atoms with E-state index in [0.717, 1.165) is 62.1 Å². The fourth-order valence-corrected chi connectivity index (χ4v) is 10.4. The average Bonchev–Trinajstić information content (AvgIpc) is 3.84. The molecule has 12 nitrogen and oxygen atoms in total. The molecule has 8 rings (SSSR count). The highest BCUT2D eigenvalue weighted by molar-refractivity contribution is 7.23. The second-order valence-corrected chi connectivity index (χ2v) is 19.2. The van der Waals surface area contributed by atoms with Crippen LogP contribution >= 0.6 is 22.9 Å². The number of nitrogens with zero attached hydrogens (tertiary/aromatic N) is 6. The number of carbonyl (C=O) groups excluding carboxylic acids is 2. The number of rotatable bonds is 6. The fraction of sp³-hybridized carbons (Fsp3) is 0.500. The Morgan fingerprint density at radius 1 is 1.10 bits per heavy atom. The van der Waals surface area contributed by atoms with Crippen molar-refractivity contribution in [3.63, 3.8) is 0 Å². The molecular formula is C42H46ClF2N7O5S. The summed E-state index contributed by atoms with van der Waals surface area (Å²) in [5.41, 5.74) is -0.712. The molecule has 58 heavy (non-hydrogen) atoms. The normalized spacial score (nSPS) is 22.1. The summed E-state index contributed by atoms with van der Waals surface area (Å²) in [5.74, 6) is -1.07. The molecule has 306 valence electrons. The van der Waals surface area contributed by atoms with Gasteiger partial charge in [0.05, 0.1) is 32.9 Å². The van der Waals surface area contributed by atoms with E-state index in [1.54, 1.807) is 26.8 Å². The minimum absolute atomic E-state index is 0.0170. The maximum absolute atomic E-state index is 17.5. The maximum Gasteiger partial charge on any atom is 0.412 e. The first-order valence-electron chi connectivity index (χ1n) is 19.5. The lowest BCUT2D eigenvalue weighted by Gasteiger charge is -2.42. The van der Waals surface area contributed by atoms with E-state index in [9.17, 15) is 14.9 Å². The van der Waals surface area contributed by atoms with Crippen LogP contribution in [0.25, 0.3) is 32.1 Å². The predicted molar refractivity (Wildman–Crippen MR) is 220 cm³/mol. The fourth-order valence-electron chi connectivity index (χ4n) is 9.02. The molecule has 0 unspecified atom stereocenters. The number of aromatic nitrogens is 2. The van der Waals surface area contributed by atoms with Crippen molar-refractivity contribution in [1.82, 2.24) is 19.8 Å². The van der Waals surface area contributed by atoms with Crippen molar-refractivity contribution < 1.29 is 32.6 Å². The molecule has 4 aliphatic heterocycles. The molecule has 0 aliphatic carbocycles. The van der Waals surface area contributed by atoms with Gasteiger partial charge in [-0.15, -0.1) is 11.3 Å². The second-order valence-electron chi connectivity index (χ2n) is 17.8. The van der Waals surface area contributed by atoms with Gasteiger partial charge in [-0.05, 0) is 97.9 Å². The van der Waals surface area contributed by atoms with Crippen molar-refractivity contribution in [2.45, 2.75) is 102 Å².